The van der Waals surface area contributed by atoms with Crippen LogP contribution in [-0.4, -0.2) is 36.2 Å². The predicted molar refractivity (Wildman–Crippen MR) is 413 cm³/mol. The molecule has 8 nitrogen and oxygen atoms in total. The summed E-state index contributed by atoms with van der Waals surface area (Å²) < 4.78 is 2.39. The number of nitrogens with zero attached hydrogens (tertiary/aromatic N) is 8. The molecular weight excluding hydrogens is 1220 g/mol. The zero-order valence-electron chi connectivity index (χ0n) is 54.2. The minimum Gasteiger partial charge on any atom is -0.311 e. The van der Waals surface area contributed by atoms with Gasteiger partial charge in [0.2, 0.25) is 0 Å². The van der Waals surface area contributed by atoms with Crippen molar-refractivity contribution in [1.82, 2.24) is 29.5 Å². The van der Waals surface area contributed by atoms with Gasteiger partial charge in [-0.15, -0.1) is 0 Å². The first-order chi connectivity index (χ1) is 49.6. The smallest absolute Gasteiger partial charge is 0.252 e. The van der Waals surface area contributed by atoms with Crippen LogP contribution in [0.25, 0.3) is 129 Å². The summed E-state index contributed by atoms with van der Waals surface area (Å²) in [6, 6.07) is 127. The van der Waals surface area contributed by atoms with Crippen LogP contribution in [0.1, 0.15) is 0 Å². The molecule has 17 aromatic rings. The van der Waals surface area contributed by atoms with E-state index in [1.54, 1.807) is 0 Å². The van der Waals surface area contributed by atoms with Crippen LogP contribution in [-0.2, 0) is 0 Å². The molecule has 14 aromatic carbocycles. The monoisotopic (exact) mass is 1270 g/mol. The number of rotatable bonds is 12. The van der Waals surface area contributed by atoms with Gasteiger partial charge in [0.15, 0.2) is 23.3 Å². The highest BCUT2D eigenvalue weighted by Crippen LogP contribution is 2.46. The Bertz CT molecular complexity index is 5830. The van der Waals surface area contributed by atoms with E-state index >= 15 is 0 Å². The average molecular weight is 1280 g/mol. The number of hydrogen-bond donors (Lipinski definition) is 0. The summed E-state index contributed by atoms with van der Waals surface area (Å²) in [4.78, 5) is 32.1. The first kappa shape index (κ1) is 58.0. The Hall–Kier alpha value is -13.4. The molecule has 0 unspecified atom stereocenters. The Kier molecular flexibility index (Phi) is 14.1. The maximum Gasteiger partial charge on any atom is 0.252 e. The number of hydrogen-bond acceptors (Lipinski definition) is 7. The molecule has 0 saturated carbocycles. The Balaban J connectivity index is 0.796. The van der Waals surface area contributed by atoms with Gasteiger partial charge in [-0.3, -0.25) is 0 Å². The Morgan fingerprint density at radius 3 is 1.19 bits per heavy atom. The molecule has 0 saturated heterocycles. The molecule has 100 heavy (non-hydrogen) atoms. The van der Waals surface area contributed by atoms with Crippen molar-refractivity contribution < 1.29 is 0 Å². The highest BCUT2D eigenvalue weighted by molar-refractivity contribution is 7.00. The highest BCUT2D eigenvalue weighted by atomic mass is 15.2. The predicted octanol–water partition coefficient (Wildman–Crippen LogP) is 20.8. The van der Waals surface area contributed by atoms with Gasteiger partial charge < -0.3 is 14.4 Å². The fourth-order valence-corrected chi connectivity index (χ4v) is 15.0. The van der Waals surface area contributed by atoms with E-state index in [1.807, 2.05) is 42.5 Å². The molecule has 0 fully saturated rings. The number of fused-ring (bicyclic) bond motifs is 7. The molecule has 3 aromatic heterocycles. The lowest BCUT2D eigenvalue weighted by Gasteiger charge is -2.44. The van der Waals surface area contributed by atoms with E-state index in [9.17, 15) is 0 Å². The molecule has 19 rings (SSSR count). The Labute approximate surface area is 579 Å². The molecule has 0 amide bonds. The fourth-order valence-electron chi connectivity index (χ4n) is 15.0. The SMILES string of the molecule is c1ccc(-c2ccc3c(c2)c2cc(-c4ccccc4)ccc2n3-c2ccc(-c3cc(-c4ccccc4)nc(-c4ccccc4)n3)cc2-c2nc(-c3ccccc3)nc(-c3cccc(-c4cccc(N5c6ccccc6B6c7ccccc7N(c7ccccc7)c7cccc5c76)c4)c3)n2)cc1. The molecule has 9 heteroatoms. The molecular formula is C91H59BN8. The minimum absolute atomic E-state index is 0.0369. The van der Waals surface area contributed by atoms with Gasteiger partial charge in [-0.25, -0.2) is 24.9 Å². The quantitative estimate of drug-likeness (QED) is 0.113. The zero-order chi connectivity index (χ0) is 66.0. The molecule has 5 heterocycles. The lowest BCUT2D eigenvalue weighted by atomic mass is 9.33. The van der Waals surface area contributed by atoms with Crippen molar-refractivity contribution in [2.75, 3.05) is 9.80 Å². The third kappa shape index (κ3) is 10.1. The van der Waals surface area contributed by atoms with Gasteiger partial charge in [0.05, 0.1) is 28.1 Å². The summed E-state index contributed by atoms with van der Waals surface area (Å²) in [7, 11) is 0. The largest absolute Gasteiger partial charge is 0.311 e. The normalized spacial score (nSPS) is 12.1. The molecule has 466 valence electrons. The topological polar surface area (TPSA) is 75.9 Å². The number of anilines is 6. The van der Waals surface area contributed by atoms with Crippen molar-refractivity contribution >= 4 is 79.0 Å². The standard InChI is InChI=1S/C91H59BN8/c1-7-26-60(27-8-1)67-48-51-80-73(56-67)74-57-68(61-28-9-2-10-29-61)49-52-81(74)100(80)82-53-50-69(79-59-78(62-30-11-3-12-31-62)93-88(94-79)63-32-13-4-14-33-63)58-75(82)91-96-89(64-34-15-5-16-35-64)95-90(97-91)70-38-23-36-65(54-70)66-37-24-41-72(55-66)99-84-45-22-20-43-77(84)92-76-42-19-21-44-83(76)98(71-39-17-6-18-40-71)85-46-25-47-86(99)87(85)92/h1-59H. The maximum atomic E-state index is 5.67. The van der Waals surface area contributed by atoms with E-state index < -0.39 is 0 Å². The van der Waals surface area contributed by atoms with Gasteiger partial charge in [-0.1, -0.05) is 261 Å². The van der Waals surface area contributed by atoms with Gasteiger partial charge in [0, 0.05) is 78.3 Å². The van der Waals surface area contributed by atoms with E-state index in [-0.39, 0.29) is 6.71 Å². The molecule has 0 atom stereocenters. The van der Waals surface area contributed by atoms with E-state index in [4.69, 9.17) is 24.9 Å². The van der Waals surface area contributed by atoms with Crippen molar-refractivity contribution in [3.63, 3.8) is 0 Å². The van der Waals surface area contributed by atoms with Crippen LogP contribution in [0.2, 0.25) is 0 Å². The summed E-state index contributed by atoms with van der Waals surface area (Å²) in [5, 5.41) is 2.25. The van der Waals surface area contributed by atoms with Crippen molar-refractivity contribution in [2.45, 2.75) is 0 Å². The van der Waals surface area contributed by atoms with E-state index in [0.717, 1.165) is 128 Å². The second-order valence-corrected chi connectivity index (χ2v) is 25.5. The lowest BCUT2D eigenvalue weighted by Crippen LogP contribution is -2.61. The van der Waals surface area contributed by atoms with Gasteiger partial charge >= 0.3 is 0 Å². The van der Waals surface area contributed by atoms with Crippen molar-refractivity contribution in [3.05, 3.63) is 358 Å². The summed E-state index contributed by atoms with van der Waals surface area (Å²) in [6.07, 6.45) is 0. The van der Waals surface area contributed by atoms with Gasteiger partial charge in [0.25, 0.3) is 6.71 Å². The van der Waals surface area contributed by atoms with E-state index in [0.29, 0.717) is 23.3 Å². The van der Waals surface area contributed by atoms with Crippen LogP contribution in [0.15, 0.2) is 358 Å². The first-order valence-corrected chi connectivity index (χ1v) is 33.9. The van der Waals surface area contributed by atoms with Crippen LogP contribution in [0, 0.1) is 0 Å². The van der Waals surface area contributed by atoms with Crippen molar-refractivity contribution in [1.29, 1.82) is 0 Å². The van der Waals surface area contributed by atoms with Crippen molar-refractivity contribution in [2.24, 2.45) is 0 Å². The second-order valence-electron chi connectivity index (χ2n) is 25.5. The third-order valence-corrected chi connectivity index (χ3v) is 19.6. The second kappa shape index (κ2) is 24.4. The zero-order valence-corrected chi connectivity index (χ0v) is 54.2. The molecule has 0 N–H and O–H groups in total. The molecule has 2 aliphatic rings. The molecule has 0 spiro atoms. The molecule has 0 aliphatic carbocycles. The summed E-state index contributed by atoms with van der Waals surface area (Å²) >= 11 is 0. The highest BCUT2D eigenvalue weighted by Gasteiger charge is 2.43. The summed E-state index contributed by atoms with van der Waals surface area (Å²) in [6.45, 7) is 0.0369. The molecule has 0 radical (unpaired) electrons. The van der Waals surface area contributed by atoms with Gasteiger partial charge in [-0.2, -0.15) is 0 Å². The lowest BCUT2D eigenvalue weighted by molar-refractivity contribution is 1.06. The van der Waals surface area contributed by atoms with E-state index in [2.05, 4.69) is 330 Å². The summed E-state index contributed by atoms with van der Waals surface area (Å²) in [5.41, 5.74) is 27.2. The molecule has 2 aliphatic heterocycles. The summed E-state index contributed by atoms with van der Waals surface area (Å²) in [5.74, 6) is 2.22. The molecule has 0 bridgehead atoms. The number of aromatic nitrogens is 6. The Morgan fingerprint density at radius 2 is 0.610 bits per heavy atom. The van der Waals surface area contributed by atoms with Crippen LogP contribution >= 0.6 is 0 Å². The Morgan fingerprint density at radius 1 is 0.220 bits per heavy atom. The van der Waals surface area contributed by atoms with Crippen LogP contribution in [0.4, 0.5) is 34.1 Å². The third-order valence-electron chi connectivity index (χ3n) is 19.6. The number of benzene rings is 14. The van der Waals surface area contributed by atoms with Crippen LogP contribution < -0.4 is 26.2 Å². The van der Waals surface area contributed by atoms with Gasteiger partial charge in [-0.05, 0) is 147 Å². The minimum atomic E-state index is 0.0369. The average Bonchev–Trinajstić information content (AvgIpc) is 1.34. The van der Waals surface area contributed by atoms with Crippen molar-refractivity contribution in [3.8, 4) is 107 Å². The maximum absolute atomic E-state index is 5.67. The van der Waals surface area contributed by atoms with Crippen LogP contribution in [0.5, 0.6) is 0 Å². The van der Waals surface area contributed by atoms with Gasteiger partial charge in [0.1, 0.15) is 0 Å². The first-order valence-electron chi connectivity index (χ1n) is 33.9. The number of para-hydroxylation sites is 3. The fraction of sp³-hybridized carbons (Fsp3) is 0. The van der Waals surface area contributed by atoms with E-state index in [1.165, 1.54) is 27.8 Å². The van der Waals surface area contributed by atoms with Crippen LogP contribution in [0.3, 0.4) is 0 Å².